The van der Waals surface area contributed by atoms with E-state index in [4.69, 9.17) is 10.2 Å². The van der Waals surface area contributed by atoms with Crippen LogP contribution in [-0.2, 0) is 31.3 Å². The molecule has 35 heavy (non-hydrogen) atoms. The molecule has 0 spiro atoms. The first kappa shape index (κ1) is 31.8. The number of Topliss-reactive ketones (excluding diaryl/α,β-unsaturated/α-hetero) is 4. The first-order chi connectivity index (χ1) is 16.1. The molecule has 2 aliphatic rings. The number of ketones is 4. The van der Waals surface area contributed by atoms with E-state index >= 15 is 0 Å². The maximum atomic E-state index is 11.6. The average Bonchev–Trinajstić information content (AvgIpc) is 3.20. The van der Waals surface area contributed by atoms with Gasteiger partial charge in [0.2, 0.25) is 0 Å². The van der Waals surface area contributed by atoms with Gasteiger partial charge in [-0.1, -0.05) is 73.9 Å². The van der Waals surface area contributed by atoms with Crippen molar-refractivity contribution < 1.29 is 61.3 Å². The average molecular weight is 512 g/mol. The molecule has 0 heterocycles. The standard InChI is InChI=1S/2C11H8O3.2C2H5O.Ti/c2*1-6(12)9-10(13)7-4-2-3-5-8(7)11(9)14;2*1-2-3;/h2*2-5,13H,1H3;2*2H2,1H3;/q;;2*-1;+4/p-2. The second-order valence-corrected chi connectivity index (χ2v) is 6.85. The number of hydrogen-bond donors (Lipinski definition) is 0. The normalized spacial score (nSPS) is 12.6. The van der Waals surface area contributed by atoms with Crippen molar-refractivity contribution in [2.45, 2.75) is 27.7 Å². The van der Waals surface area contributed by atoms with E-state index in [0.29, 0.717) is 22.3 Å². The van der Waals surface area contributed by atoms with Gasteiger partial charge in [0.25, 0.3) is 0 Å². The van der Waals surface area contributed by atoms with Crippen LogP contribution in [-0.4, -0.2) is 36.3 Å². The Morgan fingerprint density at radius 1 is 0.629 bits per heavy atom. The van der Waals surface area contributed by atoms with Crippen molar-refractivity contribution in [3.8, 4) is 0 Å². The molecule has 0 N–H and O–H groups in total. The molecule has 0 fully saturated rings. The maximum Gasteiger partial charge on any atom is 4.00 e. The van der Waals surface area contributed by atoms with Crippen LogP contribution in [0.5, 0.6) is 0 Å². The summed E-state index contributed by atoms with van der Waals surface area (Å²) in [6, 6.07) is 12.9. The van der Waals surface area contributed by atoms with Crippen molar-refractivity contribution in [3.63, 3.8) is 0 Å². The van der Waals surface area contributed by atoms with E-state index in [9.17, 15) is 29.4 Å². The summed E-state index contributed by atoms with van der Waals surface area (Å²) in [7, 11) is 0. The van der Waals surface area contributed by atoms with Crippen molar-refractivity contribution in [3.05, 3.63) is 81.9 Å². The fourth-order valence-corrected chi connectivity index (χ4v) is 3.14. The molecule has 0 amide bonds. The van der Waals surface area contributed by atoms with Gasteiger partial charge in [-0.2, -0.15) is 0 Å². The fraction of sp³-hybridized carbons (Fsp3) is 0.231. The molecule has 2 aromatic rings. The number of fused-ring (bicyclic) bond motifs is 2. The first-order valence-electron chi connectivity index (χ1n) is 10.4. The molecule has 0 aliphatic heterocycles. The van der Waals surface area contributed by atoms with Gasteiger partial charge in [0, 0.05) is 11.1 Å². The third-order valence-electron chi connectivity index (χ3n) is 4.45. The van der Waals surface area contributed by atoms with E-state index in [1.807, 2.05) is 0 Å². The Hall–Kier alpha value is -3.17. The number of carbonyl (C=O) groups excluding carboxylic acids is 4. The van der Waals surface area contributed by atoms with Gasteiger partial charge in [-0.15, -0.1) is 13.2 Å². The van der Waals surface area contributed by atoms with Crippen LogP contribution < -0.4 is 20.4 Å². The van der Waals surface area contributed by atoms with Crippen molar-refractivity contribution >= 4 is 34.7 Å². The Morgan fingerprint density at radius 2 is 0.857 bits per heavy atom. The summed E-state index contributed by atoms with van der Waals surface area (Å²) >= 11 is 0. The summed E-state index contributed by atoms with van der Waals surface area (Å²) in [5.74, 6) is -2.71. The van der Waals surface area contributed by atoms with Gasteiger partial charge in [0.05, 0.1) is 11.1 Å². The van der Waals surface area contributed by atoms with Crippen LogP contribution in [0.1, 0.15) is 59.5 Å². The van der Waals surface area contributed by atoms with Gasteiger partial charge in [-0.3, -0.25) is 19.2 Å². The Kier molecular flexibility index (Phi) is 13.6. The Labute approximate surface area is 218 Å². The van der Waals surface area contributed by atoms with Crippen molar-refractivity contribution in [2.24, 2.45) is 0 Å². The smallest absolute Gasteiger partial charge is 0.871 e. The molecule has 0 saturated carbocycles. The minimum absolute atomic E-state index is 0. The second kappa shape index (κ2) is 15.0. The molecule has 0 saturated heterocycles. The third kappa shape index (κ3) is 7.41. The van der Waals surface area contributed by atoms with Crippen LogP contribution in [0.25, 0.3) is 11.5 Å². The molecule has 0 aromatic heterocycles. The minimum atomic E-state index is -0.462. The number of rotatable bonds is 2. The van der Waals surface area contributed by atoms with Gasteiger partial charge < -0.3 is 20.4 Å². The minimum Gasteiger partial charge on any atom is -0.871 e. The number of benzene rings is 2. The van der Waals surface area contributed by atoms with Crippen molar-refractivity contribution in [2.75, 3.05) is 13.2 Å². The summed E-state index contributed by atoms with van der Waals surface area (Å²) in [6.07, 6.45) is 0. The fourth-order valence-electron chi connectivity index (χ4n) is 3.14. The molecule has 2 aliphatic carbocycles. The van der Waals surface area contributed by atoms with E-state index in [-0.39, 0.29) is 46.1 Å². The summed E-state index contributed by atoms with van der Waals surface area (Å²) in [6.45, 7) is 5.61. The predicted octanol–water partition coefficient (Wildman–Crippen LogP) is -0.183. The summed E-state index contributed by atoms with van der Waals surface area (Å²) in [4.78, 5) is 45.3. The summed E-state index contributed by atoms with van der Waals surface area (Å²) in [5.41, 5.74) is 0.910. The molecule has 9 heteroatoms. The Bertz CT molecular complexity index is 1070. The van der Waals surface area contributed by atoms with Crippen LogP contribution in [0.4, 0.5) is 0 Å². The van der Waals surface area contributed by atoms with Gasteiger partial charge in [-0.25, -0.2) is 0 Å². The molecule has 0 atom stereocenters. The zero-order chi connectivity index (χ0) is 26.0. The monoisotopic (exact) mass is 512 g/mol. The van der Waals surface area contributed by atoms with Gasteiger partial charge in [0.15, 0.2) is 23.1 Å². The molecule has 0 radical (unpaired) electrons. The molecule has 0 unspecified atom stereocenters. The van der Waals surface area contributed by atoms with Crippen molar-refractivity contribution in [1.29, 1.82) is 0 Å². The molecule has 2 aromatic carbocycles. The van der Waals surface area contributed by atoms with Gasteiger partial charge in [-0.05, 0) is 25.0 Å². The molecular formula is C26H24O8Ti. The maximum absolute atomic E-state index is 11.6. The van der Waals surface area contributed by atoms with Crippen LogP contribution >= 0.6 is 0 Å². The van der Waals surface area contributed by atoms with E-state index in [2.05, 4.69) is 0 Å². The van der Waals surface area contributed by atoms with Crippen LogP contribution in [0.2, 0.25) is 0 Å². The van der Waals surface area contributed by atoms with Crippen LogP contribution in [0.3, 0.4) is 0 Å². The molecule has 4 rings (SSSR count). The Balaban J connectivity index is 0.000000528. The molecule has 180 valence electrons. The van der Waals surface area contributed by atoms with Crippen LogP contribution in [0, 0.1) is 0 Å². The van der Waals surface area contributed by atoms with E-state index in [1.54, 1.807) is 62.4 Å². The third-order valence-corrected chi connectivity index (χ3v) is 4.45. The molecule has 8 nitrogen and oxygen atoms in total. The van der Waals surface area contributed by atoms with Gasteiger partial charge >= 0.3 is 21.7 Å². The topological polar surface area (TPSA) is 161 Å². The number of carbonyl (C=O) groups is 4. The second-order valence-electron chi connectivity index (χ2n) is 6.85. The summed E-state index contributed by atoms with van der Waals surface area (Å²) in [5, 5.41) is 41.0. The van der Waals surface area contributed by atoms with Gasteiger partial charge in [0.1, 0.15) is 0 Å². The number of allylic oxidation sites excluding steroid dienone is 2. The zero-order valence-electron chi connectivity index (χ0n) is 19.8. The first-order valence-corrected chi connectivity index (χ1v) is 10.4. The quantitative estimate of drug-likeness (QED) is 0.396. The zero-order valence-corrected chi connectivity index (χ0v) is 21.4. The van der Waals surface area contributed by atoms with E-state index in [1.165, 1.54) is 13.8 Å². The molecular weight excluding hydrogens is 488 g/mol. The molecule has 0 bridgehead atoms. The largest absolute Gasteiger partial charge is 4.00 e. The van der Waals surface area contributed by atoms with Crippen molar-refractivity contribution in [1.82, 2.24) is 0 Å². The Morgan fingerprint density at radius 3 is 1.06 bits per heavy atom. The number of hydrogen-bond acceptors (Lipinski definition) is 8. The van der Waals surface area contributed by atoms with E-state index in [0.717, 1.165) is 0 Å². The summed E-state index contributed by atoms with van der Waals surface area (Å²) < 4.78 is 0. The SMILES string of the molecule is CC(=O)C1=C([O-])c2ccccc2C1=O.CC(=O)C1=C([O-])c2ccccc2C1=O.CC[O-].CC[O-].[Ti+4]. The predicted molar refractivity (Wildman–Crippen MR) is 118 cm³/mol. The van der Waals surface area contributed by atoms with Crippen LogP contribution in [0.15, 0.2) is 59.7 Å². The van der Waals surface area contributed by atoms with E-state index < -0.39 is 34.7 Å².